The summed E-state index contributed by atoms with van der Waals surface area (Å²) in [5, 5.41) is 9.83. The Kier molecular flexibility index (Phi) is 3.45. The number of nitrogens with zero attached hydrogens (tertiary/aromatic N) is 5. The molecule has 3 aromatic rings. The van der Waals surface area contributed by atoms with Crippen LogP contribution < -0.4 is 5.56 Å². The average molecular weight is 353 g/mol. The van der Waals surface area contributed by atoms with E-state index in [2.05, 4.69) is 19.7 Å². The van der Waals surface area contributed by atoms with Crippen molar-refractivity contribution in [2.45, 2.75) is 55.5 Å². The minimum Gasteiger partial charge on any atom is -0.303 e. The van der Waals surface area contributed by atoms with E-state index < -0.39 is 0 Å². The molecular formula is C18H19N5OS. The third-order valence-electron chi connectivity index (χ3n) is 4.83. The highest BCUT2D eigenvalue weighted by Gasteiger charge is 2.36. The molecule has 0 radical (unpaired) electrons. The topological polar surface area (TPSA) is 65.1 Å². The summed E-state index contributed by atoms with van der Waals surface area (Å²) in [6.45, 7) is 1.98. The molecule has 0 atom stereocenters. The van der Waals surface area contributed by atoms with E-state index in [0.717, 1.165) is 27.9 Å². The van der Waals surface area contributed by atoms with Gasteiger partial charge in [0.05, 0.1) is 5.69 Å². The van der Waals surface area contributed by atoms with Gasteiger partial charge in [-0.1, -0.05) is 17.8 Å². The van der Waals surface area contributed by atoms with Crippen LogP contribution in [0.25, 0.3) is 5.65 Å². The Morgan fingerprint density at radius 2 is 2.08 bits per heavy atom. The van der Waals surface area contributed by atoms with Crippen molar-refractivity contribution in [3.63, 3.8) is 0 Å². The van der Waals surface area contributed by atoms with Gasteiger partial charge in [0, 0.05) is 30.0 Å². The first kappa shape index (κ1) is 15.1. The van der Waals surface area contributed by atoms with Crippen LogP contribution >= 0.6 is 11.8 Å². The lowest BCUT2D eigenvalue weighted by molar-refractivity contribution is 0.627. The fraction of sp³-hybridized carbons (Fsp3) is 0.444. The van der Waals surface area contributed by atoms with Crippen molar-refractivity contribution in [2.24, 2.45) is 0 Å². The first-order valence-corrected chi connectivity index (χ1v) is 9.75. The lowest BCUT2D eigenvalue weighted by atomic mass is 10.3. The van der Waals surface area contributed by atoms with Gasteiger partial charge < -0.3 is 4.57 Å². The van der Waals surface area contributed by atoms with Gasteiger partial charge in [0.15, 0.2) is 5.16 Å². The van der Waals surface area contributed by atoms with E-state index in [-0.39, 0.29) is 5.56 Å². The second-order valence-electron chi connectivity index (χ2n) is 6.98. The highest BCUT2D eigenvalue weighted by Crippen LogP contribution is 2.46. The number of aromatic nitrogens is 5. The van der Waals surface area contributed by atoms with E-state index in [1.165, 1.54) is 25.7 Å². The summed E-state index contributed by atoms with van der Waals surface area (Å²) in [5.41, 5.74) is 2.49. The quantitative estimate of drug-likeness (QED) is 0.660. The Labute approximate surface area is 149 Å². The van der Waals surface area contributed by atoms with E-state index >= 15 is 0 Å². The molecule has 3 aromatic heterocycles. The van der Waals surface area contributed by atoms with Crippen LogP contribution in [0.1, 0.15) is 54.7 Å². The fourth-order valence-corrected chi connectivity index (χ4v) is 4.11. The third-order valence-corrected chi connectivity index (χ3v) is 5.81. The zero-order chi connectivity index (χ0) is 17.0. The molecule has 0 aliphatic heterocycles. The van der Waals surface area contributed by atoms with Crippen molar-refractivity contribution in [2.75, 3.05) is 0 Å². The molecule has 6 nitrogen and oxygen atoms in total. The van der Waals surface area contributed by atoms with E-state index in [1.807, 2.05) is 19.1 Å². The molecule has 2 saturated carbocycles. The number of pyridine rings is 1. The summed E-state index contributed by atoms with van der Waals surface area (Å²) in [7, 11) is 0. The Morgan fingerprint density at radius 3 is 2.84 bits per heavy atom. The average Bonchev–Trinajstić information content (AvgIpc) is 3.53. The van der Waals surface area contributed by atoms with Gasteiger partial charge in [0.2, 0.25) is 0 Å². The summed E-state index contributed by atoms with van der Waals surface area (Å²) in [6.07, 6.45) is 6.68. The summed E-state index contributed by atoms with van der Waals surface area (Å²) < 4.78 is 3.93. The Hall–Kier alpha value is -2.15. The number of rotatable bonds is 5. The summed E-state index contributed by atoms with van der Waals surface area (Å²) >= 11 is 1.64. The summed E-state index contributed by atoms with van der Waals surface area (Å²) in [5.74, 6) is 2.40. The van der Waals surface area contributed by atoms with Gasteiger partial charge in [-0.25, -0.2) is 4.98 Å². The molecule has 0 spiro atoms. The molecule has 2 aliphatic carbocycles. The fourth-order valence-electron chi connectivity index (χ4n) is 3.20. The van der Waals surface area contributed by atoms with Gasteiger partial charge in [-0.2, -0.15) is 0 Å². The lowest BCUT2D eigenvalue weighted by Crippen LogP contribution is -2.15. The van der Waals surface area contributed by atoms with Gasteiger partial charge in [0.1, 0.15) is 11.5 Å². The van der Waals surface area contributed by atoms with Crippen LogP contribution in [0.4, 0.5) is 0 Å². The molecule has 0 N–H and O–H groups in total. The number of aryl methyl sites for hydroxylation is 1. The van der Waals surface area contributed by atoms with Gasteiger partial charge in [-0.3, -0.25) is 9.20 Å². The normalized spacial score (nSPS) is 17.3. The number of hydrogen-bond acceptors (Lipinski definition) is 5. The third kappa shape index (κ3) is 2.76. The van der Waals surface area contributed by atoms with Crippen LogP contribution in [0.2, 0.25) is 0 Å². The summed E-state index contributed by atoms with van der Waals surface area (Å²) in [6, 6.07) is 6.05. The molecule has 5 rings (SSSR count). The van der Waals surface area contributed by atoms with Crippen LogP contribution in [-0.4, -0.2) is 24.1 Å². The van der Waals surface area contributed by atoms with Crippen molar-refractivity contribution in [1.82, 2.24) is 24.1 Å². The van der Waals surface area contributed by atoms with E-state index in [4.69, 9.17) is 0 Å². The first-order valence-electron chi connectivity index (χ1n) is 8.76. The lowest BCUT2D eigenvalue weighted by Gasteiger charge is -2.08. The second kappa shape index (κ2) is 5.69. The van der Waals surface area contributed by atoms with E-state index in [9.17, 15) is 4.79 Å². The molecule has 0 saturated heterocycles. The maximum atomic E-state index is 12.3. The van der Waals surface area contributed by atoms with Crippen molar-refractivity contribution in [3.8, 4) is 0 Å². The maximum Gasteiger partial charge on any atom is 0.258 e. The monoisotopic (exact) mass is 353 g/mol. The molecule has 0 aromatic carbocycles. The SMILES string of the molecule is Cc1cccn2c(=O)cc(CSc3nnc(C4CC4)n3C3CC3)nc12. The molecular weight excluding hydrogens is 334 g/mol. The van der Waals surface area contributed by atoms with Crippen molar-refractivity contribution in [1.29, 1.82) is 0 Å². The number of hydrogen-bond donors (Lipinski definition) is 0. The van der Waals surface area contributed by atoms with Crippen molar-refractivity contribution in [3.05, 3.63) is 51.8 Å². The van der Waals surface area contributed by atoms with Crippen molar-refractivity contribution >= 4 is 17.4 Å². The summed E-state index contributed by atoms with van der Waals surface area (Å²) in [4.78, 5) is 17.0. The molecule has 0 bridgehead atoms. The second-order valence-corrected chi connectivity index (χ2v) is 7.92. The zero-order valence-corrected chi connectivity index (χ0v) is 14.9. The Morgan fingerprint density at radius 1 is 1.24 bits per heavy atom. The van der Waals surface area contributed by atoms with Crippen LogP contribution in [0, 0.1) is 6.92 Å². The minimum absolute atomic E-state index is 0.0355. The largest absolute Gasteiger partial charge is 0.303 e. The molecule has 128 valence electrons. The van der Waals surface area contributed by atoms with Gasteiger partial charge in [-0.15, -0.1) is 10.2 Å². The van der Waals surface area contributed by atoms with Crippen LogP contribution in [0.15, 0.2) is 34.3 Å². The van der Waals surface area contributed by atoms with Crippen LogP contribution in [0.5, 0.6) is 0 Å². The van der Waals surface area contributed by atoms with Gasteiger partial charge >= 0.3 is 0 Å². The molecule has 25 heavy (non-hydrogen) atoms. The van der Waals surface area contributed by atoms with E-state index in [1.54, 1.807) is 28.4 Å². The molecule has 7 heteroatoms. The predicted molar refractivity (Wildman–Crippen MR) is 96.0 cm³/mol. The first-order chi connectivity index (χ1) is 12.2. The number of thioether (sulfide) groups is 1. The van der Waals surface area contributed by atoms with Gasteiger partial charge in [0.25, 0.3) is 5.56 Å². The standard InChI is InChI=1S/C18H19N5OS/c1-11-3-2-8-22-15(24)9-13(19-16(11)22)10-25-18-21-20-17(12-4-5-12)23(18)14-6-7-14/h2-3,8-9,12,14H,4-7,10H2,1H3. The van der Waals surface area contributed by atoms with Crippen molar-refractivity contribution < 1.29 is 0 Å². The predicted octanol–water partition coefficient (Wildman–Crippen LogP) is 3.10. The smallest absolute Gasteiger partial charge is 0.258 e. The Balaban J connectivity index is 1.44. The van der Waals surface area contributed by atoms with Gasteiger partial charge in [-0.05, 0) is 44.2 Å². The van der Waals surface area contributed by atoms with Crippen LogP contribution in [0.3, 0.4) is 0 Å². The highest BCUT2D eigenvalue weighted by atomic mass is 32.2. The van der Waals surface area contributed by atoms with E-state index in [0.29, 0.717) is 17.7 Å². The molecule has 0 amide bonds. The molecule has 2 fully saturated rings. The molecule has 0 unspecified atom stereocenters. The maximum absolute atomic E-state index is 12.3. The molecule has 3 heterocycles. The Bertz CT molecular complexity index is 1020. The number of fused-ring (bicyclic) bond motifs is 1. The highest BCUT2D eigenvalue weighted by molar-refractivity contribution is 7.98. The van der Waals surface area contributed by atoms with Crippen LogP contribution in [-0.2, 0) is 5.75 Å². The molecule has 2 aliphatic rings. The minimum atomic E-state index is -0.0355. The zero-order valence-electron chi connectivity index (χ0n) is 14.1.